The van der Waals surface area contributed by atoms with Crippen molar-refractivity contribution in [2.45, 2.75) is 39.8 Å². The first-order chi connectivity index (χ1) is 15.2. The summed E-state index contributed by atoms with van der Waals surface area (Å²) in [5.74, 6) is -0.762. The van der Waals surface area contributed by atoms with E-state index in [4.69, 9.17) is 11.5 Å². The lowest BCUT2D eigenvalue weighted by atomic mass is 9.98. The second-order valence-electron chi connectivity index (χ2n) is 7.42. The number of aromatic nitrogens is 4. The first-order valence-electron chi connectivity index (χ1n) is 10.4. The van der Waals surface area contributed by atoms with Gasteiger partial charge in [0.15, 0.2) is 11.2 Å². The third-order valence-corrected chi connectivity index (χ3v) is 5.48. The molecule has 0 saturated carbocycles. The van der Waals surface area contributed by atoms with E-state index in [0.717, 1.165) is 18.7 Å². The van der Waals surface area contributed by atoms with E-state index in [1.807, 2.05) is 20.8 Å². The fourth-order valence-corrected chi connectivity index (χ4v) is 3.76. The molecule has 0 spiro atoms. The van der Waals surface area contributed by atoms with Crippen molar-refractivity contribution in [3.05, 3.63) is 46.0 Å². The van der Waals surface area contributed by atoms with Gasteiger partial charge < -0.3 is 21.4 Å². The standard InChI is InChI=1S/C21H28N8O3.ClH/c1-4-28(5-2)12(3)15-10-13(6-7-14(15)18(22)31)25-16(30)8-9-29-11-24-17-19(29)26-21(23)27-20(17)32;/h6-7,10-12H,4-5,8-9H2,1-3H3,(H2,22,31)(H,25,30)(H3,23,26,27,32);1H. The average Bonchev–Trinajstić information content (AvgIpc) is 3.16. The van der Waals surface area contributed by atoms with Crippen molar-refractivity contribution in [2.75, 3.05) is 24.1 Å². The van der Waals surface area contributed by atoms with Gasteiger partial charge in [-0.25, -0.2) is 4.98 Å². The molecule has 0 radical (unpaired) electrons. The Kier molecular flexibility index (Phi) is 8.55. The predicted molar refractivity (Wildman–Crippen MR) is 129 cm³/mol. The third kappa shape index (κ3) is 5.68. The van der Waals surface area contributed by atoms with Crippen LogP contribution in [0.1, 0.15) is 49.2 Å². The van der Waals surface area contributed by atoms with Crippen molar-refractivity contribution in [2.24, 2.45) is 5.73 Å². The Balaban J connectivity index is 0.00000385. The number of carbonyl (C=O) groups excluding carboxylic acids is 2. The van der Waals surface area contributed by atoms with Gasteiger partial charge in [-0.2, -0.15) is 4.98 Å². The number of primary amides is 1. The van der Waals surface area contributed by atoms with Crippen molar-refractivity contribution in [3.63, 3.8) is 0 Å². The van der Waals surface area contributed by atoms with E-state index >= 15 is 0 Å². The van der Waals surface area contributed by atoms with E-state index in [1.54, 1.807) is 22.8 Å². The van der Waals surface area contributed by atoms with E-state index in [1.165, 1.54) is 6.33 Å². The highest BCUT2D eigenvalue weighted by Gasteiger charge is 2.20. The van der Waals surface area contributed by atoms with E-state index in [-0.39, 0.29) is 48.8 Å². The van der Waals surface area contributed by atoms with Crippen molar-refractivity contribution in [1.29, 1.82) is 0 Å². The van der Waals surface area contributed by atoms with Crippen LogP contribution in [0, 0.1) is 0 Å². The summed E-state index contributed by atoms with van der Waals surface area (Å²) in [6, 6.07) is 5.03. The number of aryl methyl sites for hydroxylation is 1. The molecule has 33 heavy (non-hydrogen) atoms. The maximum atomic E-state index is 12.6. The van der Waals surface area contributed by atoms with Crippen LogP contribution in [0.3, 0.4) is 0 Å². The molecule has 11 nitrogen and oxygen atoms in total. The molecule has 0 aliphatic carbocycles. The molecule has 3 rings (SSSR count). The highest BCUT2D eigenvalue weighted by molar-refractivity contribution is 5.96. The lowest BCUT2D eigenvalue weighted by Gasteiger charge is -2.28. The van der Waals surface area contributed by atoms with E-state index < -0.39 is 11.5 Å². The molecule has 0 fully saturated rings. The topological polar surface area (TPSA) is 165 Å². The molecule has 0 aliphatic heterocycles. The number of nitrogens with one attached hydrogen (secondary N) is 2. The molecule has 2 heterocycles. The third-order valence-electron chi connectivity index (χ3n) is 5.48. The zero-order chi connectivity index (χ0) is 23.4. The Bertz CT molecular complexity index is 1200. The molecule has 178 valence electrons. The zero-order valence-electron chi connectivity index (χ0n) is 18.8. The fourth-order valence-electron chi connectivity index (χ4n) is 3.76. The van der Waals surface area contributed by atoms with E-state index in [9.17, 15) is 14.4 Å². The summed E-state index contributed by atoms with van der Waals surface area (Å²) >= 11 is 0. The fraction of sp³-hybridized carbons (Fsp3) is 0.381. The van der Waals surface area contributed by atoms with Gasteiger partial charge in [0.1, 0.15) is 0 Å². The van der Waals surface area contributed by atoms with E-state index in [0.29, 0.717) is 16.9 Å². The van der Waals surface area contributed by atoms with Crippen LogP contribution in [0.4, 0.5) is 11.6 Å². The SMILES string of the molecule is CCN(CC)C(C)c1cc(NC(=O)CCn2cnc3c(=O)[nH]c(N)nc32)ccc1C(N)=O.Cl. The average molecular weight is 477 g/mol. The molecular weight excluding hydrogens is 448 g/mol. The summed E-state index contributed by atoms with van der Waals surface area (Å²) in [6.07, 6.45) is 1.57. The van der Waals surface area contributed by atoms with Gasteiger partial charge >= 0.3 is 0 Å². The number of nitrogens with two attached hydrogens (primary N) is 2. The predicted octanol–water partition coefficient (Wildman–Crippen LogP) is 1.65. The number of H-pyrrole nitrogens is 1. The van der Waals surface area contributed by atoms with Crippen LogP contribution in [0.25, 0.3) is 11.2 Å². The van der Waals surface area contributed by atoms with Gasteiger partial charge in [-0.1, -0.05) is 13.8 Å². The van der Waals surface area contributed by atoms with Crippen LogP contribution in [0.5, 0.6) is 0 Å². The lowest BCUT2D eigenvalue weighted by molar-refractivity contribution is -0.116. The molecule has 3 aromatic rings. The minimum Gasteiger partial charge on any atom is -0.369 e. The number of hydrogen-bond acceptors (Lipinski definition) is 7. The van der Waals surface area contributed by atoms with Gasteiger partial charge in [-0.3, -0.25) is 24.3 Å². The minimum atomic E-state index is -0.509. The van der Waals surface area contributed by atoms with Crippen molar-refractivity contribution in [1.82, 2.24) is 24.4 Å². The van der Waals surface area contributed by atoms with Gasteiger partial charge in [0.2, 0.25) is 17.8 Å². The number of imidazole rings is 1. The van der Waals surface area contributed by atoms with Crippen LogP contribution < -0.4 is 22.3 Å². The number of nitrogen functional groups attached to an aromatic ring is 1. The van der Waals surface area contributed by atoms with Crippen LogP contribution in [-0.2, 0) is 11.3 Å². The number of amides is 2. The minimum absolute atomic E-state index is 0. The summed E-state index contributed by atoms with van der Waals surface area (Å²) in [5.41, 5.74) is 13.0. The highest BCUT2D eigenvalue weighted by Crippen LogP contribution is 2.26. The number of rotatable bonds is 9. The van der Waals surface area contributed by atoms with Crippen molar-refractivity contribution < 1.29 is 9.59 Å². The number of carbonyl (C=O) groups is 2. The number of fused-ring (bicyclic) bond motifs is 1. The highest BCUT2D eigenvalue weighted by atomic mass is 35.5. The number of halogens is 1. The summed E-state index contributed by atoms with van der Waals surface area (Å²) in [6.45, 7) is 7.99. The zero-order valence-corrected chi connectivity index (χ0v) is 19.6. The first-order valence-corrected chi connectivity index (χ1v) is 10.4. The van der Waals surface area contributed by atoms with Crippen molar-refractivity contribution in [3.8, 4) is 0 Å². The first kappa shape index (κ1) is 25.8. The van der Waals surface area contributed by atoms with Gasteiger partial charge in [-0.15, -0.1) is 12.4 Å². The summed E-state index contributed by atoms with van der Waals surface area (Å²) in [7, 11) is 0. The molecule has 0 saturated heterocycles. The Morgan fingerprint density at radius 1 is 1.27 bits per heavy atom. The number of nitrogens with zero attached hydrogens (tertiary/aromatic N) is 4. The Labute approximate surface area is 197 Å². The monoisotopic (exact) mass is 476 g/mol. The van der Waals surface area contributed by atoms with Crippen LogP contribution in [0.2, 0.25) is 0 Å². The second-order valence-corrected chi connectivity index (χ2v) is 7.42. The van der Waals surface area contributed by atoms with Gasteiger partial charge in [0.05, 0.1) is 6.33 Å². The smallest absolute Gasteiger partial charge is 0.280 e. The molecule has 0 bridgehead atoms. The molecule has 2 amide bonds. The maximum absolute atomic E-state index is 12.6. The summed E-state index contributed by atoms with van der Waals surface area (Å²) in [5, 5.41) is 2.86. The van der Waals surface area contributed by atoms with Crippen LogP contribution in [0.15, 0.2) is 29.3 Å². The Hall–Kier alpha value is -3.44. The summed E-state index contributed by atoms with van der Waals surface area (Å²) < 4.78 is 1.60. The second kappa shape index (κ2) is 10.9. The maximum Gasteiger partial charge on any atom is 0.280 e. The van der Waals surface area contributed by atoms with Gasteiger partial charge in [0.25, 0.3) is 5.56 Å². The number of benzene rings is 1. The molecule has 1 atom stereocenters. The molecule has 1 unspecified atom stereocenters. The quantitative estimate of drug-likeness (QED) is 0.364. The van der Waals surface area contributed by atoms with E-state index in [2.05, 4.69) is 25.2 Å². The molecule has 2 aromatic heterocycles. The largest absolute Gasteiger partial charge is 0.369 e. The van der Waals surface area contributed by atoms with Crippen LogP contribution >= 0.6 is 12.4 Å². The number of anilines is 2. The van der Waals surface area contributed by atoms with Crippen LogP contribution in [-0.4, -0.2) is 49.3 Å². The Morgan fingerprint density at radius 3 is 2.61 bits per heavy atom. The molecular formula is C21H29ClN8O3. The summed E-state index contributed by atoms with van der Waals surface area (Å²) in [4.78, 5) is 49.1. The van der Waals surface area contributed by atoms with Gasteiger partial charge in [0, 0.05) is 30.3 Å². The van der Waals surface area contributed by atoms with Gasteiger partial charge in [-0.05, 0) is 43.8 Å². The van der Waals surface area contributed by atoms with Crippen molar-refractivity contribution >= 4 is 47.0 Å². The molecule has 6 N–H and O–H groups in total. The molecule has 1 aromatic carbocycles. The molecule has 12 heteroatoms. The number of aromatic amines is 1. The molecule has 0 aliphatic rings. The number of hydrogen-bond donors (Lipinski definition) is 4. The Morgan fingerprint density at radius 2 is 1.97 bits per heavy atom. The normalized spacial score (nSPS) is 11.9. The lowest BCUT2D eigenvalue weighted by Crippen LogP contribution is -2.28.